The Balaban J connectivity index is 1.69. The van der Waals surface area contributed by atoms with Gasteiger partial charge in [0.15, 0.2) is 5.76 Å². The van der Waals surface area contributed by atoms with Crippen molar-refractivity contribution in [1.82, 2.24) is 10.2 Å². The van der Waals surface area contributed by atoms with E-state index in [0.29, 0.717) is 11.4 Å². The summed E-state index contributed by atoms with van der Waals surface area (Å²) in [6.45, 7) is 0. The predicted molar refractivity (Wildman–Crippen MR) is 71.8 cm³/mol. The van der Waals surface area contributed by atoms with Gasteiger partial charge in [0, 0.05) is 12.3 Å². The van der Waals surface area contributed by atoms with Crippen LogP contribution < -0.4 is 10.1 Å². The summed E-state index contributed by atoms with van der Waals surface area (Å²) in [6, 6.07) is 12.3. The second-order valence-corrected chi connectivity index (χ2v) is 3.97. The van der Waals surface area contributed by atoms with Gasteiger partial charge in [-0.15, -0.1) is 0 Å². The van der Waals surface area contributed by atoms with Crippen molar-refractivity contribution in [1.29, 1.82) is 0 Å². The minimum atomic E-state index is -0.366. The molecule has 0 unspecified atom stereocenters. The van der Waals surface area contributed by atoms with Gasteiger partial charge in [-0.25, -0.2) is 0 Å². The highest BCUT2D eigenvalue weighted by molar-refractivity contribution is 6.02. The van der Waals surface area contributed by atoms with E-state index in [4.69, 9.17) is 9.15 Å². The third-order valence-electron chi connectivity index (χ3n) is 2.52. The number of nitrogens with one attached hydrogen (secondary N) is 2. The van der Waals surface area contributed by atoms with E-state index in [1.54, 1.807) is 30.5 Å². The average Bonchev–Trinajstić information content (AvgIpc) is 3.11. The molecule has 0 bridgehead atoms. The summed E-state index contributed by atoms with van der Waals surface area (Å²) in [5.41, 5.74) is 0.567. The van der Waals surface area contributed by atoms with Gasteiger partial charge in [0.1, 0.15) is 5.75 Å². The molecule has 0 fully saturated rings. The molecule has 0 aliphatic carbocycles. The van der Waals surface area contributed by atoms with Crippen LogP contribution in [-0.2, 0) is 0 Å². The van der Waals surface area contributed by atoms with E-state index in [0.717, 1.165) is 0 Å². The van der Waals surface area contributed by atoms with Crippen LogP contribution in [0.5, 0.6) is 11.7 Å². The van der Waals surface area contributed by atoms with Crippen LogP contribution >= 0.6 is 0 Å². The highest BCUT2D eigenvalue weighted by Crippen LogP contribution is 2.23. The molecule has 0 aliphatic rings. The number of benzene rings is 1. The number of carbonyl (C=O) groups is 1. The Bertz CT molecular complexity index is 690. The van der Waals surface area contributed by atoms with Gasteiger partial charge in [0.05, 0.1) is 11.9 Å². The van der Waals surface area contributed by atoms with Crippen LogP contribution in [0.3, 0.4) is 0 Å². The third kappa shape index (κ3) is 2.69. The molecule has 1 aromatic carbocycles. The molecule has 6 nitrogen and oxygen atoms in total. The SMILES string of the molecule is O=C(Nc1cn[nH]c1)c1ccc(Oc2ccccc2)o1. The van der Waals surface area contributed by atoms with Gasteiger partial charge in [-0.2, -0.15) is 5.10 Å². The van der Waals surface area contributed by atoms with E-state index in [9.17, 15) is 4.79 Å². The second-order valence-electron chi connectivity index (χ2n) is 3.97. The number of hydrogen-bond donors (Lipinski definition) is 2. The van der Waals surface area contributed by atoms with Gasteiger partial charge >= 0.3 is 0 Å². The zero-order chi connectivity index (χ0) is 13.8. The first kappa shape index (κ1) is 12.0. The van der Waals surface area contributed by atoms with Gasteiger partial charge in [-0.1, -0.05) is 18.2 Å². The van der Waals surface area contributed by atoms with E-state index in [2.05, 4.69) is 15.5 Å². The normalized spacial score (nSPS) is 10.2. The van der Waals surface area contributed by atoms with Crippen LogP contribution in [0, 0.1) is 0 Å². The first-order chi connectivity index (χ1) is 9.81. The van der Waals surface area contributed by atoms with Crippen LogP contribution in [-0.4, -0.2) is 16.1 Å². The number of amides is 1. The fourth-order valence-electron chi connectivity index (χ4n) is 1.61. The number of para-hydroxylation sites is 1. The number of carbonyl (C=O) groups excluding carboxylic acids is 1. The summed E-state index contributed by atoms with van der Waals surface area (Å²) in [7, 11) is 0. The Morgan fingerprint density at radius 3 is 2.80 bits per heavy atom. The summed E-state index contributed by atoms with van der Waals surface area (Å²) < 4.78 is 10.8. The monoisotopic (exact) mass is 269 g/mol. The molecule has 20 heavy (non-hydrogen) atoms. The number of aromatic nitrogens is 2. The number of ether oxygens (including phenoxy) is 1. The Morgan fingerprint density at radius 1 is 1.20 bits per heavy atom. The van der Waals surface area contributed by atoms with Crippen molar-refractivity contribution >= 4 is 11.6 Å². The average molecular weight is 269 g/mol. The second kappa shape index (κ2) is 5.31. The molecule has 1 amide bonds. The molecule has 3 aromatic rings. The summed E-state index contributed by atoms with van der Waals surface area (Å²) in [4.78, 5) is 11.9. The van der Waals surface area contributed by atoms with Crippen LogP contribution in [0.1, 0.15) is 10.6 Å². The third-order valence-corrected chi connectivity index (χ3v) is 2.52. The van der Waals surface area contributed by atoms with Crippen LogP contribution in [0.15, 0.2) is 59.3 Å². The van der Waals surface area contributed by atoms with Crippen molar-refractivity contribution in [2.75, 3.05) is 5.32 Å². The van der Waals surface area contributed by atoms with E-state index in [-0.39, 0.29) is 17.6 Å². The van der Waals surface area contributed by atoms with Crippen molar-refractivity contribution in [2.45, 2.75) is 0 Å². The highest BCUT2D eigenvalue weighted by atomic mass is 16.6. The Kier molecular flexibility index (Phi) is 3.20. The number of hydrogen-bond acceptors (Lipinski definition) is 4. The van der Waals surface area contributed by atoms with Gasteiger partial charge in [-0.3, -0.25) is 9.89 Å². The van der Waals surface area contributed by atoms with Crippen LogP contribution in [0.25, 0.3) is 0 Å². The fourth-order valence-corrected chi connectivity index (χ4v) is 1.61. The molecule has 6 heteroatoms. The zero-order valence-electron chi connectivity index (χ0n) is 10.4. The quantitative estimate of drug-likeness (QED) is 0.762. The fraction of sp³-hybridized carbons (Fsp3) is 0. The Morgan fingerprint density at radius 2 is 2.05 bits per heavy atom. The van der Waals surface area contributed by atoms with Crippen LogP contribution in [0.4, 0.5) is 5.69 Å². The van der Waals surface area contributed by atoms with Gasteiger partial charge < -0.3 is 14.5 Å². The predicted octanol–water partition coefficient (Wildman–Crippen LogP) is 3.05. The molecular weight excluding hydrogens is 258 g/mol. The van der Waals surface area contributed by atoms with Crippen molar-refractivity contribution in [3.8, 4) is 11.7 Å². The standard InChI is InChI=1S/C14H11N3O3/c18-14(17-10-8-15-16-9-10)12-6-7-13(20-12)19-11-4-2-1-3-5-11/h1-9H,(H,15,16)(H,17,18). The van der Waals surface area contributed by atoms with Gasteiger partial charge in [-0.05, 0) is 18.2 Å². The molecule has 2 heterocycles. The van der Waals surface area contributed by atoms with Gasteiger partial charge in [0.25, 0.3) is 11.9 Å². The first-order valence-electron chi connectivity index (χ1n) is 5.94. The zero-order valence-corrected chi connectivity index (χ0v) is 10.4. The molecule has 0 atom stereocenters. The number of furan rings is 1. The summed E-state index contributed by atoms with van der Waals surface area (Å²) >= 11 is 0. The van der Waals surface area contributed by atoms with Crippen molar-refractivity contribution in [3.05, 3.63) is 60.6 Å². The smallest absolute Gasteiger partial charge is 0.291 e. The van der Waals surface area contributed by atoms with Crippen molar-refractivity contribution in [2.24, 2.45) is 0 Å². The lowest BCUT2D eigenvalue weighted by molar-refractivity contribution is 0.0992. The Hall–Kier alpha value is -3.02. The van der Waals surface area contributed by atoms with Gasteiger partial charge in [0.2, 0.25) is 0 Å². The first-order valence-corrected chi connectivity index (χ1v) is 5.94. The molecule has 3 rings (SSSR count). The van der Waals surface area contributed by atoms with E-state index in [1.807, 2.05) is 18.2 Å². The van der Waals surface area contributed by atoms with E-state index >= 15 is 0 Å². The molecular formula is C14H11N3O3. The number of nitrogens with zero attached hydrogens (tertiary/aromatic N) is 1. The molecule has 0 spiro atoms. The minimum absolute atomic E-state index is 0.164. The number of rotatable bonds is 4. The molecule has 2 N–H and O–H groups in total. The molecule has 2 aromatic heterocycles. The maximum Gasteiger partial charge on any atom is 0.291 e. The summed E-state index contributed by atoms with van der Waals surface area (Å²) in [5.74, 6) is 0.698. The lowest BCUT2D eigenvalue weighted by Crippen LogP contribution is -2.09. The maximum atomic E-state index is 11.9. The van der Waals surface area contributed by atoms with E-state index < -0.39 is 0 Å². The summed E-state index contributed by atoms with van der Waals surface area (Å²) in [6.07, 6.45) is 3.07. The molecule has 100 valence electrons. The van der Waals surface area contributed by atoms with Crippen LogP contribution in [0.2, 0.25) is 0 Å². The van der Waals surface area contributed by atoms with E-state index in [1.165, 1.54) is 6.20 Å². The summed E-state index contributed by atoms with van der Waals surface area (Å²) in [5, 5.41) is 8.97. The lowest BCUT2D eigenvalue weighted by atomic mass is 10.3. The lowest BCUT2D eigenvalue weighted by Gasteiger charge is -2.01. The minimum Gasteiger partial charge on any atom is -0.426 e. The Labute approximate surface area is 114 Å². The number of aromatic amines is 1. The van der Waals surface area contributed by atoms with Crippen molar-refractivity contribution in [3.63, 3.8) is 0 Å². The largest absolute Gasteiger partial charge is 0.426 e. The molecule has 0 saturated carbocycles. The topological polar surface area (TPSA) is 80.2 Å². The molecule has 0 radical (unpaired) electrons. The number of H-pyrrole nitrogens is 1. The molecule has 0 saturated heterocycles. The molecule has 0 aliphatic heterocycles. The highest BCUT2D eigenvalue weighted by Gasteiger charge is 2.12. The number of anilines is 1. The maximum absolute atomic E-state index is 11.9. The van der Waals surface area contributed by atoms with Crippen molar-refractivity contribution < 1.29 is 13.9 Å².